The van der Waals surface area contributed by atoms with Crippen LogP contribution in [0.5, 0.6) is 17.2 Å². The van der Waals surface area contributed by atoms with E-state index in [1.54, 1.807) is 33.5 Å². The lowest BCUT2D eigenvalue weighted by Crippen LogP contribution is -2.45. The van der Waals surface area contributed by atoms with Gasteiger partial charge in [0, 0.05) is 32.2 Å². The lowest BCUT2D eigenvalue weighted by molar-refractivity contribution is 0.153. The SMILES string of the molecule is COc1cc(CN2CCNCC2c2cccc(F)c2)cc(OC)c1OC.Cl. The molecule has 1 atom stereocenters. The van der Waals surface area contributed by atoms with Crippen molar-refractivity contribution in [2.75, 3.05) is 41.0 Å². The van der Waals surface area contributed by atoms with E-state index >= 15 is 0 Å². The van der Waals surface area contributed by atoms with Crippen LogP contribution in [-0.4, -0.2) is 45.9 Å². The van der Waals surface area contributed by atoms with E-state index in [4.69, 9.17) is 14.2 Å². The first-order valence-electron chi connectivity index (χ1n) is 8.65. The van der Waals surface area contributed by atoms with Gasteiger partial charge in [-0.2, -0.15) is 0 Å². The topological polar surface area (TPSA) is 43.0 Å². The number of halogens is 2. The van der Waals surface area contributed by atoms with Crippen molar-refractivity contribution in [3.05, 3.63) is 53.3 Å². The number of ether oxygens (including phenoxy) is 3. The number of hydrogen-bond donors (Lipinski definition) is 1. The van der Waals surface area contributed by atoms with Crippen molar-refractivity contribution in [1.82, 2.24) is 10.2 Å². The summed E-state index contributed by atoms with van der Waals surface area (Å²) in [6, 6.07) is 10.9. The first kappa shape index (κ1) is 21.3. The summed E-state index contributed by atoms with van der Waals surface area (Å²) in [4.78, 5) is 2.34. The molecule has 3 rings (SSSR count). The summed E-state index contributed by atoms with van der Waals surface area (Å²) in [5.41, 5.74) is 2.03. The Morgan fingerprint density at radius 3 is 2.37 bits per heavy atom. The molecule has 1 unspecified atom stereocenters. The number of piperazine rings is 1. The average molecular weight is 397 g/mol. The van der Waals surface area contributed by atoms with Crippen LogP contribution in [0.15, 0.2) is 36.4 Å². The Bertz CT molecular complexity index is 735. The first-order valence-corrected chi connectivity index (χ1v) is 8.65. The second kappa shape index (κ2) is 9.78. The summed E-state index contributed by atoms with van der Waals surface area (Å²) in [6.07, 6.45) is 0. The monoisotopic (exact) mass is 396 g/mol. The molecule has 0 spiro atoms. The Kier molecular flexibility index (Phi) is 7.71. The molecule has 0 radical (unpaired) electrons. The molecular weight excluding hydrogens is 371 g/mol. The smallest absolute Gasteiger partial charge is 0.203 e. The molecule has 0 aliphatic carbocycles. The average Bonchev–Trinajstić information content (AvgIpc) is 2.67. The van der Waals surface area contributed by atoms with Crippen LogP contribution in [0.3, 0.4) is 0 Å². The van der Waals surface area contributed by atoms with Gasteiger partial charge in [-0.05, 0) is 35.4 Å². The number of nitrogens with zero attached hydrogens (tertiary/aromatic N) is 1. The van der Waals surface area contributed by atoms with Crippen molar-refractivity contribution >= 4 is 12.4 Å². The van der Waals surface area contributed by atoms with Crippen LogP contribution in [0.1, 0.15) is 17.2 Å². The van der Waals surface area contributed by atoms with Crippen LogP contribution < -0.4 is 19.5 Å². The summed E-state index contributed by atoms with van der Waals surface area (Å²) in [5.74, 6) is 1.65. The maximum Gasteiger partial charge on any atom is 0.203 e. The summed E-state index contributed by atoms with van der Waals surface area (Å²) >= 11 is 0. The van der Waals surface area contributed by atoms with E-state index in [0.717, 1.165) is 30.8 Å². The molecule has 1 aliphatic heterocycles. The number of rotatable bonds is 6. The molecule has 5 nitrogen and oxygen atoms in total. The van der Waals surface area contributed by atoms with E-state index in [9.17, 15) is 4.39 Å². The maximum absolute atomic E-state index is 13.7. The minimum Gasteiger partial charge on any atom is -0.493 e. The van der Waals surface area contributed by atoms with Gasteiger partial charge in [0.05, 0.1) is 21.3 Å². The first-order chi connectivity index (χ1) is 12.7. The minimum atomic E-state index is -0.208. The lowest BCUT2D eigenvalue weighted by Gasteiger charge is -2.36. The Morgan fingerprint density at radius 2 is 1.78 bits per heavy atom. The van der Waals surface area contributed by atoms with Gasteiger partial charge in [0.15, 0.2) is 11.5 Å². The Balaban J connectivity index is 0.00000261. The van der Waals surface area contributed by atoms with Crippen molar-refractivity contribution in [3.8, 4) is 17.2 Å². The molecule has 1 fully saturated rings. The number of hydrogen-bond acceptors (Lipinski definition) is 5. The second-order valence-electron chi connectivity index (χ2n) is 6.28. The molecule has 0 aromatic heterocycles. The van der Waals surface area contributed by atoms with Crippen LogP contribution >= 0.6 is 12.4 Å². The third-order valence-electron chi connectivity index (χ3n) is 4.70. The number of nitrogens with one attached hydrogen (secondary N) is 1. The van der Waals surface area contributed by atoms with Crippen molar-refractivity contribution in [3.63, 3.8) is 0 Å². The molecular formula is C20H26ClFN2O3. The summed E-state index contributed by atoms with van der Waals surface area (Å²) < 4.78 is 30.0. The minimum absolute atomic E-state index is 0. The lowest BCUT2D eigenvalue weighted by atomic mass is 10.0. The molecule has 148 valence electrons. The fourth-order valence-electron chi connectivity index (χ4n) is 3.44. The zero-order valence-electron chi connectivity index (χ0n) is 15.8. The normalized spacial score (nSPS) is 17.1. The van der Waals surface area contributed by atoms with E-state index in [2.05, 4.69) is 10.2 Å². The zero-order valence-corrected chi connectivity index (χ0v) is 16.6. The van der Waals surface area contributed by atoms with Gasteiger partial charge in [0.1, 0.15) is 5.82 Å². The highest BCUT2D eigenvalue weighted by atomic mass is 35.5. The van der Waals surface area contributed by atoms with Gasteiger partial charge in [-0.25, -0.2) is 4.39 Å². The van der Waals surface area contributed by atoms with E-state index in [1.165, 1.54) is 6.07 Å². The molecule has 1 N–H and O–H groups in total. The van der Waals surface area contributed by atoms with Gasteiger partial charge in [-0.1, -0.05) is 12.1 Å². The van der Waals surface area contributed by atoms with Crippen LogP contribution in [0.4, 0.5) is 4.39 Å². The fraction of sp³-hybridized carbons (Fsp3) is 0.400. The Morgan fingerprint density at radius 1 is 1.07 bits per heavy atom. The molecule has 1 aliphatic rings. The Hall–Kier alpha value is -2.02. The van der Waals surface area contributed by atoms with Crippen LogP contribution in [-0.2, 0) is 6.54 Å². The van der Waals surface area contributed by atoms with Crippen molar-refractivity contribution < 1.29 is 18.6 Å². The van der Waals surface area contributed by atoms with Gasteiger partial charge >= 0.3 is 0 Å². The van der Waals surface area contributed by atoms with Gasteiger partial charge < -0.3 is 19.5 Å². The molecule has 0 bridgehead atoms. The standard InChI is InChI=1S/C20H25FN2O3.ClH/c1-24-18-9-14(10-19(25-2)20(18)26-3)13-23-8-7-22-12-17(23)15-5-4-6-16(21)11-15;/h4-6,9-11,17,22H,7-8,12-13H2,1-3H3;1H. The van der Waals surface area contributed by atoms with Gasteiger partial charge in [0.25, 0.3) is 0 Å². The van der Waals surface area contributed by atoms with Crippen LogP contribution in [0.2, 0.25) is 0 Å². The molecule has 0 amide bonds. The highest BCUT2D eigenvalue weighted by Crippen LogP contribution is 2.39. The van der Waals surface area contributed by atoms with Crippen molar-refractivity contribution in [2.24, 2.45) is 0 Å². The van der Waals surface area contributed by atoms with E-state index in [1.807, 2.05) is 18.2 Å². The second-order valence-corrected chi connectivity index (χ2v) is 6.28. The van der Waals surface area contributed by atoms with Gasteiger partial charge in [0.2, 0.25) is 5.75 Å². The Labute approximate surface area is 165 Å². The quantitative estimate of drug-likeness (QED) is 0.810. The predicted octanol–water partition coefficient (Wildman–Crippen LogP) is 3.42. The maximum atomic E-state index is 13.7. The molecule has 27 heavy (non-hydrogen) atoms. The van der Waals surface area contributed by atoms with E-state index < -0.39 is 0 Å². The zero-order chi connectivity index (χ0) is 18.5. The van der Waals surface area contributed by atoms with E-state index in [-0.39, 0.29) is 24.3 Å². The summed E-state index contributed by atoms with van der Waals surface area (Å²) in [7, 11) is 4.82. The highest BCUT2D eigenvalue weighted by Gasteiger charge is 2.25. The van der Waals surface area contributed by atoms with Crippen molar-refractivity contribution in [1.29, 1.82) is 0 Å². The van der Waals surface area contributed by atoms with Crippen LogP contribution in [0.25, 0.3) is 0 Å². The fourth-order valence-corrected chi connectivity index (χ4v) is 3.44. The third-order valence-corrected chi connectivity index (χ3v) is 4.70. The third kappa shape index (κ3) is 4.83. The van der Waals surface area contributed by atoms with Crippen molar-refractivity contribution in [2.45, 2.75) is 12.6 Å². The van der Waals surface area contributed by atoms with Gasteiger partial charge in [-0.3, -0.25) is 4.90 Å². The number of methoxy groups -OCH3 is 3. The summed E-state index contributed by atoms with van der Waals surface area (Å²) in [6.45, 7) is 3.27. The predicted molar refractivity (Wildman–Crippen MR) is 106 cm³/mol. The highest BCUT2D eigenvalue weighted by molar-refractivity contribution is 5.85. The molecule has 1 saturated heterocycles. The molecule has 7 heteroatoms. The molecule has 1 heterocycles. The molecule has 2 aromatic carbocycles. The molecule has 2 aromatic rings. The largest absolute Gasteiger partial charge is 0.493 e. The van der Waals surface area contributed by atoms with Crippen LogP contribution in [0, 0.1) is 5.82 Å². The van der Waals surface area contributed by atoms with Gasteiger partial charge in [-0.15, -0.1) is 12.4 Å². The summed E-state index contributed by atoms with van der Waals surface area (Å²) in [5, 5.41) is 3.40. The molecule has 0 saturated carbocycles. The van der Waals surface area contributed by atoms with E-state index in [0.29, 0.717) is 23.8 Å². The number of benzene rings is 2.